The summed E-state index contributed by atoms with van der Waals surface area (Å²) in [6, 6.07) is 13.9. The van der Waals surface area contributed by atoms with Gasteiger partial charge in [-0.3, -0.25) is 4.79 Å². The fraction of sp³-hybridized carbons (Fsp3) is 0.300. The third-order valence-corrected chi connectivity index (χ3v) is 4.80. The maximum Gasteiger partial charge on any atom is 0.223 e. The molecule has 1 aliphatic rings. The molecular formula is C20H22N6O. The van der Waals surface area contributed by atoms with Crippen molar-refractivity contribution in [2.45, 2.75) is 12.8 Å². The molecule has 2 aromatic heterocycles. The summed E-state index contributed by atoms with van der Waals surface area (Å²) in [5.74, 6) is 1.83. The Labute approximate surface area is 158 Å². The highest BCUT2D eigenvalue weighted by atomic mass is 16.2. The Balaban J connectivity index is 1.32. The largest absolute Gasteiger partial charge is 0.353 e. The average molecular weight is 362 g/mol. The topological polar surface area (TPSA) is 67.2 Å². The number of rotatable bonds is 5. The normalized spacial score (nSPS) is 14.4. The van der Waals surface area contributed by atoms with Crippen LogP contribution in [0.15, 0.2) is 61.2 Å². The van der Waals surface area contributed by atoms with Gasteiger partial charge in [0.05, 0.1) is 0 Å². The van der Waals surface area contributed by atoms with Gasteiger partial charge in [0.25, 0.3) is 0 Å². The molecule has 7 heteroatoms. The highest BCUT2D eigenvalue weighted by molar-refractivity contribution is 5.76. The van der Waals surface area contributed by atoms with Crippen LogP contribution in [0, 0.1) is 0 Å². The van der Waals surface area contributed by atoms with Crippen molar-refractivity contribution in [3.05, 3.63) is 66.7 Å². The summed E-state index contributed by atoms with van der Waals surface area (Å²) in [6.07, 6.45) is 6.49. The lowest BCUT2D eigenvalue weighted by Gasteiger charge is -2.35. The molecule has 1 fully saturated rings. The van der Waals surface area contributed by atoms with E-state index in [0.717, 1.165) is 31.1 Å². The van der Waals surface area contributed by atoms with Crippen molar-refractivity contribution in [1.82, 2.24) is 24.6 Å². The number of nitrogens with zero attached hydrogens (tertiary/aromatic N) is 6. The van der Waals surface area contributed by atoms with Crippen LogP contribution in [0.4, 0.5) is 5.82 Å². The van der Waals surface area contributed by atoms with Crippen molar-refractivity contribution in [1.29, 1.82) is 0 Å². The van der Waals surface area contributed by atoms with E-state index >= 15 is 0 Å². The summed E-state index contributed by atoms with van der Waals surface area (Å²) in [5.41, 5.74) is 1.21. The maximum atomic E-state index is 12.5. The van der Waals surface area contributed by atoms with Gasteiger partial charge in [0.2, 0.25) is 5.91 Å². The van der Waals surface area contributed by atoms with Crippen LogP contribution >= 0.6 is 0 Å². The Bertz CT molecular complexity index is 873. The van der Waals surface area contributed by atoms with Gasteiger partial charge in [-0.15, -0.1) is 0 Å². The van der Waals surface area contributed by atoms with Crippen LogP contribution in [-0.2, 0) is 11.2 Å². The molecule has 0 radical (unpaired) electrons. The van der Waals surface area contributed by atoms with Crippen LogP contribution in [0.2, 0.25) is 0 Å². The number of piperazine rings is 1. The molecule has 1 saturated heterocycles. The molecule has 0 spiro atoms. The standard InChI is InChI=1S/C20H22N6O/c27-20(8-7-17-5-2-1-3-6-17)25-13-11-24(12-14-25)18-15-19(22-16-21-18)26-10-4-9-23-26/h1-6,9-10,15-16H,7-8,11-14H2. The van der Waals surface area contributed by atoms with Gasteiger partial charge >= 0.3 is 0 Å². The number of aromatic nitrogens is 4. The Hall–Kier alpha value is -3.22. The van der Waals surface area contributed by atoms with Crippen molar-refractivity contribution in [3.63, 3.8) is 0 Å². The first kappa shape index (κ1) is 17.2. The molecule has 3 heterocycles. The Kier molecular flexibility index (Phi) is 5.09. The van der Waals surface area contributed by atoms with Gasteiger partial charge < -0.3 is 9.80 Å². The summed E-state index contributed by atoms with van der Waals surface area (Å²) in [5, 5.41) is 4.21. The van der Waals surface area contributed by atoms with Crippen molar-refractivity contribution < 1.29 is 4.79 Å². The fourth-order valence-electron chi connectivity index (χ4n) is 3.28. The number of benzene rings is 1. The summed E-state index contributed by atoms with van der Waals surface area (Å²) in [6.45, 7) is 2.97. The molecule has 4 rings (SSSR count). The number of carbonyl (C=O) groups is 1. The third-order valence-electron chi connectivity index (χ3n) is 4.80. The minimum atomic E-state index is 0.221. The predicted molar refractivity (Wildman–Crippen MR) is 103 cm³/mol. The van der Waals surface area contributed by atoms with Gasteiger partial charge in [-0.2, -0.15) is 5.10 Å². The molecule has 0 unspecified atom stereocenters. The van der Waals surface area contributed by atoms with Crippen molar-refractivity contribution in [2.75, 3.05) is 31.1 Å². The molecule has 7 nitrogen and oxygen atoms in total. The zero-order valence-corrected chi connectivity index (χ0v) is 15.1. The van der Waals surface area contributed by atoms with Crippen LogP contribution in [0.25, 0.3) is 5.82 Å². The van der Waals surface area contributed by atoms with Crippen LogP contribution < -0.4 is 4.90 Å². The third kappa shape index (κ3) is 4.13. The number of aryl methyl sites for hydroxylation is 1. The predicted octanol–water partition coefficient (Wildman–Crippen LogP) is 1.94. The van der Waals surface area contributed by atoms with Crippen LogP contribution in [0.3, 0.4) is 0 Å². The summed E-state index contributed by atoms with van der Waals surface area (Å²) >= 11 is 0. The van der Waals surface area contributed by atoms with E-state index in [9.17, 15) is 4.79 Å². The number of hydrogen-bond donors (Lipinski definition) is 0. The molecule has 1 aliphatic heterocycles. The second-order valence-electron chi connectivity index (χ2n) is 6.54. The Morgan fingerprint density at radius 2 is 1.74 bits per heavy atom. The lowest BCUT2D eigenvalue weighted by Crippen LogP contribution is -2.49. The second-order valence-corrected chi connectivity index (χ2v) is 6.54. The minimum Gasteiger partial charge on any atom is -0.353 e. The quantitative estimate of drug-likeness (QED) is 0.694. The average Bonchev–Trinajstić information content (AvgIpc) is 3.28. The first-order valence-electron chi connectivity index (χ1n) is 9.18. The smallest absolute Gasteiger partial charge is 0.223 e. The highest BCUT2D eigenvalue weighted by Gasteiger charge is 2.22. The number of hydrogen-bond acceptors (Lipinski definition) is 5. The van der Waals surface area contributed by atoms with Crippen LogP contribution in [-0.4, -0.2) is 56.7 Å². The Morgan fingerprint density at radius 1 is 0.963 bits per heavy atom. The number of carbonyl (C=O) groups excluding carboxylic acids is 1. The van der Waals surface area contributed by atoms with E-state index in [1.165, 1.54) is 5.56 Å². The van der Waals surface area contributed by atoms with E-state index in [1.54, 1.807) is 17.2 Å². The molecule has 3 aromatic rings. The lowest BCUT2D eigenvalue weighted by atomic mass is 10.1. The molecule has 27 heavy (non-hydrogen) atoms. The molecule has 0 N–H and O–H groups in total. The van der Waals surface area contributed by atoms with E-state index in [2.05, 4.69) is 32.1 Å². The summed E-state index contributed by atoms with van der Waals surface area (Å²) in [4.78, 5) is 25.3. The van der Waals surface area contributed by atoms with Crippen LogP contribution in [0.1, 0.15) is 12.0 Å². The summed E-state index contributed by atoms with van der Waals surface area (Å²) < 4.78 is 1.72. The molecule has 0 bridgehead atoms. The fourth-order valence-corrected chi connectivity index (χ4v) is 3.28. The zero-order valence-electron chi connectivity index (χ0n) is 15.1. The minimum absolute atomic E-state index is 0.221. The molecular weight excluding hydrogens is 340 g/mol. The van der Waals surface area contributed by atoms with E-state index < -0.39 is 0 Å². The van der Waals surface area contributed by atoms with Gasteiger partial charge in [-0.1, -0.05) is 30.3 Å². The van der Waals surface area contributed by atoms with E-state index in [1.807, 2.05) is 41.4 Å². The molecule has 1 amide bonds. The lowest BCUT2D eigenvalue weighted by molar-refractivity contribution is -0.131. The van der Waals surface area contributed by atoms with Gasteiger partial charge in [0.1, 0.15) is 12.1 Å². The molecule has 0 saturated carbocycles. The Morgan fingerprint density at radius 3 is 2.48 bits per heavy atom. The highest BCUT2D eigenvalue weighted by Crippen LogP contribution is 2.16. The van der Waals surface area contributed by atoms with E-state index in [-0.39, 0.29) is 5.91 Å². The van der Waals surface area contributed by atoms with Crippen molar-refractivity contribution >= 4 is 11.7 Å². The molecule has 1 aromatic carbocycles. The first-order chi connectivity index (χ1) is 13.3. The SMILES string of the molecule is O=C(CCc1ccccc1)N1CCN(c2cc(-n3cccn3)ncn2)CC1. The second kappa shape index (κ2) is 7.99. The molecule has 0 aliphatic carbocycles. The maximum absolute atomic E-state index is 12.5. The van der Waals surface area contributed by atoms with Gasteiger partial charge in [-0.25, -0.2) is 14.6 Å². The van der Waals surface area contributed by atoms with Gasteiger partial charge in [-0.05, 0) is 18.1 Å². The molecule has 138 valence electrons. The first-order valence-corrected chi connectivity index (χ1v) is 9.18. The monoisotopic (exact) mass is 362 g/mol. The van der Waals surface area contributed by atoms with Gasteiger partial charge in [0, 0.05) is 51.1 Å². The van der Waals surface area contributed by atoms with Crippen LogP contribution in [0.5, 0.6) is 0 Å². The number of anilines is 1. The van der Waals surface area contributed by atoms with Gasteiger partial charge in [0.15, 0.2) is 5.82 Å². The van der Waals surface area contributed by atoms with E-state index in [0.29, 0.717) is 19.5 Å². The number of amides is 1. The summed E-state index contributed by atoms with van der Waals surface area (Å²) in [7, 11) is 0. The van der Waals surface area contributed by atoms with Crippen molar-refractivity contribution in [3.8, 4) is 5.82 Å². The van der Waals surface area contributed by atoms with Crippen molar-refractivity contribution in [2.24, 2.45) is 0 Å². The zero-order chi connectivity index (χ0) is 18.5. The van der Waals surface area contributed by atoms with E-state index in [4.69, 9.17) is 0 Å². The molecule has 0 atom stereocenters.